The first kappa shape index (κ1) is 15.9. The number of sulfonamides is 1. The Bertz CT molecular complexity index is 613. The summed E-state index contributed by atoms with van der Waals surface area (Å²) in [7, 11) is -1.90. The van der Waals surface area contributed by atoms with E-state index in [1.807, 2.05) is 6.07 Å². The lowest BCUT2D eigenvalue weighted by atomic mass is 10.0. The van der Waals surface area contributed by atoms with Gasteiger partial charge >= 0.3 is 0 Å². The van der Waals surface area contributed by atoms with E-state index in [1.54, 1.807) is 31.4 Å². The number of nitrogens with zero attached hydrogens (tertiary/aromatic N) is 1. The topological polar surface area (TPSA) is 88.4 Å². The third kappa shape index (κ3) is 4.25. The second-order valence-electron chi connectivity index (χ2n) is 5.08. The van der Waals surface area contributed by atoms with E-state index in [4.69, 9.17) is 14.7 Å². The third-order valence-corrected chi connectivity index (χ3v) is 4.85. The van der Waals surface area contributed by atoms with Crippen LogP contribution in [0.5, 0.6) is 0 Å². The highest BCUT2D eigenvalue weighted by Crippen LogP contribution is 2.22. The van der Waals surface area contributed by atoms with Gasteiger partial charge in [-0.05, 0) is 17.7 Å². The van der Waals surface area contributed by atoms with Crippen molar-refractivity contribution in [3.05, 3.63) is 35.4 Å². The van der Waals surface area contributed by atoms with Crippen LogP contribution in [0.25, 0.3) is 0 Å². The number of hydrogen-bond acceptors (Lipinski definition) is 5. The zero-order valence-electron chi connectivity index (χ0n) is 11.8. The fraction of sp³-hybridized carbons (Fsp3) is 0.500. The Morgan fingerprint density at radius 1 is 1.43 bits per heavy atom. The standard InChI is InChI=1S/C14H18N2O4S/c1-19-14(6-7-20-11-14)10-16-21(17,18)9-13-4-2-12(8-15)3-5-13/h2-5,16H,6-7,9-11H2,1H3. The largest absolute Gasteiger partial charge is 0.378 e. The first-order valence-corrected chi connectivity index (χ1v) is 8.23. The van der Waals surface area contributed by atoms with Crippen molar-refractivity contribution in [1.82, 2.24) is 4.72 Å². The van der Waals surface area contributed by atoms with Gasteiger partial charge in [0.25, 0.3) is 0 Å². The second-order valence-corrected chi connectivity index (χ2v) is 6.89. The normalized spacial score (nSPS) is 22.1. The highest BCUT2D eigenvalue weighted by molar-refractivity contribution is 7.88. The summed E-state index contributed by atoms with van der Waals surface area (Å²) in [6, 6.07) is 8.49. The summed E-state index contributed by atoms with van der Waals surface area (Å²) in [6.45, 7) is 1.16. The molecule has 0 aliphatic carbocycles. The molecule has 1 saturated heterocycles. The molecule has 0 amide bonds. The molecule has 1 aliphatic heterocycles. The maximum atomic E-state index is 12.1. The Morgan fingerprint density at radius 2 is 2.14 bits per heavy atom. The van der Waals surface area contributed by atoms with Gasteiger partial charge in [-0.1, -0.05) is 12.1 Å². The van der Waals surface area contributed by atoms with Gasteiger partial charge < -0.3 is 9.47 Å². The van der Waals surface area contributed by atoms with Crippen molar-refractivity contribution in [2.24, 2.45) is 0 Å². The Hall–Kier alpha value is -1.46. The molecule has 1 aromatic carbocycles. The third-order valence-electron chi connectivity index (χ3n) is 3.55. The van der Waals surface area contributed by atoms with Crippen LogP contribution in [0.4, 0.5) is 0 Å². The van der Waals surface area contributed by atoms with E-state index >= 15 is 0 Å². The second kappa shape index (κ2) is 6.54. The smallest absolute Gasteiger partial charge is 0.215 e. The Kier molecular flexibility index (Phi) is 4.96. The molecule has 1 unspecified atom stereocenters. The lowest BCUT2D eigenvalue weighted by Gasteiger charge is -2.25. The molecule has 1 N–H and O–H groups in total. The molecule has 21 heavy (non-hydrogen) atoms. The number of nitriles is 1. The molecule has 0 saturated carbocycles. The zero-order valence-corrected chi connectivity index (χ0v) is 12.6. The van der Waals surface area contributed by atoms with Gasteiger partial charge in [-0.25, -0.2) is 13.1 Å². The number of rotatable bonds is 6. The van der Waals surface area contributed by atoms with Crippen molar-refractivity contribution in [1.29, 1.82) is 5.26 Å². The highest BCUT2D eigenvalue weighted by Gasteiger charge is 2.35. The number of hydrogen-bond donors (Lipinski definition) is 1. The summed E-state index contributed by atoms with van der Waals surface area (Å²) in [5.41, 5.74) is 0.568. The zero-order chi connectivity index (χ0) is 15.3. The van der Waals surface area contributed by atoms with Crippen molar-refractivity contribution >= 4 is 10.0 Å². The number of nitrogens with one attached hydrogen (secondary N) is 1. The monoisotopic (exact) mass is 310 g/mol. The molecular weight excluding hydrogens is 292 g/mol. The molecule has 6 nitrogen and oxygen atoms in total. The summed E-state index contributed by atoms with van der Waals surface area (Å²) >= 11 is 0. The van der Waals surface area contributed by atoms with Gasteiger partial charge in [-0.3, -0.25) is 0 Å². The Morgan fingerprint density at radius 3 is 2.67 bits per heavy atom. The van der Waals surface area contributed by atoms with E-state index in [0.717, 1.165) is 0 Å². The minimum Gasteiger partial charge on any atom is -0.378 e. The van der Waals surface area contributed by atoms with Crippen LogP contribution in [0.1, 0.15) is 17.5 Å². The first-order chi connectivity index (χ1) is 9.99. The van der Waals surface area contributed by atoms with E-state index in [1.165, 1.54) is 0 Å². The lowest BCUT2D eigenvalue weighted by molar-refractivity contribution is -0.0120. The minimum atomic E-state index is -3.46. The molecule has 0 radical (unpaired) electrons. The van der Waals surface area contributed by atoms with Crippen molar-refractivity contribution < 1.29 is 17.9 Å². The quantitative estimate of drug-likeness (QED) is 0.839. The fourth-order valence-electron chi connectivity index (χ4n) is 2.15. The Balaban J connectivity index is 1.96. The van der Waals surface area contributed by atoms with Gasteiger partial charge in [0.15, 0.2) is 0 Å². The summed E-state index contributed by atoms with van der Waals surface area (Å²) in [5, 5.41) is 8.72. The maximum absolute atomic E-state index is 12.1. The maximum Gasteiger partial charge on any atom is 0.215 e. The molecule has 1 atom stereocenters. The molecule has 1 aliphatic rings. The van der Waals surface area contributed by atoms with Gasteiger partial charge in [-0.15, -0.1) is 0 Å². The number of ether oxygens (including phenoxy) is 2. The number of benzene rings is 1. The molecule has 0 aromatic heterocycles. The van der Waals surface area contributed by atoms with E-state index < -0.39 is 15.6 Å². The van der Waals surface area contributed by atoms with Gasteiger partial charge in [0.2, 0.25) is 10.0 Å². The fourth-order valence-corrected chi connectivity index (χ4v) is 3.36. The summed E-state index contributed by atoms with van der Waals surface area (Å²) in [4.78, 5) is 0. The van der Waals surface area contributed by atoms with Crippen LogP contribution in [0.15, 0.2) is 24.3 Å². The predicted octanol–water partition coefficient (Wildman–Crippen LogP) is 0.783. The van der Waals surface area contributed by atoms with Crippen LogP contribution in [0, 0.1) is 11.3 Å². The SMILES string of the molecule is COC1(CNS(=O)(=O)Cc2ccc(C#N)cc2)CCOC1. The highest BCUT2D eigenvalue weighted by atomic mass is 32.2. The van der Waals surface area contributed by atoms with Crippen molar-refractivity contribution in [3.8, 4) is 6.07 Å². The van der Waals surface area contributed by atoms with Gasteiger partial charge in [0.05, 0.1) is 24.0 Å². The molecule has 1 aromatic rings. The average molecular weight is 310 g/mol. The first-order valence-electron chi connectivity index (χ1n) is 6.58. The van der Waals surface area contributed by atoms with Crippen LogP contribution in [0.2, 0.25) is 0 Å². The van der Waals surface area contributed by atoms with E-state index in [2.05, 4.69) is 4.72 Å². The van der Waals surface area contributed by atoms with Crippen molar-refractivity contribution in [3.63, 3.8) is 0 Å². The lowest BCUT2D eigenvalue weighted by Crippen LogP contribution is -2.45. The van der Waals surface area contributed by atoms with Gasteiger partial charge in [0, 0.05) is 26.7 Å². The van der Waals surface area contributed by atoms with Crippen molar-refractivity contribution in [2.45, 2.75) is 17.8 Å². The average Bonchev–Trinajstić information content (AvgIpc) is 2.95. The number of methoxy groups -OCH3 is 1. The predicted molar refractivity (Wildman–Crippen MR) is 77.0 cm³/mol. The molecule has 114 valence electrons. The van der Waals surface area contributed by atoms with Crippen molar-refractivity contribution in [2.75, 3.05) is 26.9 Å². The molecule has 7 heteroatoms. The molecular formula is C14H18N2O4S. The van der Waals surface area contributed by atoms with Crippen LogP contribution in [-0.2, 0) is 25.2 Å². The summed E-state index contributed by atoms with van der Waals surface area (Å²) in [6.07, 6.45) is 0.670. The van der Waals surface area contributed by atoms with E-state index in [-0.39, 0.29) is 12.3 Å². The van der Waals surface area contributed by atoms with Gasteiger partial charge in [0.1, 0.15) is 5.60 Å². The molecule has 1 heterocycles. The Labute approximate surface area is 124 Å². The molecule has 1 fully saturated rings. The molecule has 0 spiro atoms. The van der Waals surface area contributed by atoms with E-state index in [9.17, 15) is 8.42 Å². The summed E-state index contributed by atoms with van der Waals surface area (Å²) in [5.74, 6) is -0.126. The van der Waals surface area contributed by atoms with Crippen LogP contribution >= 0.6 is 0 Å². The van der Waals surface area contributed by atoms with Gasteiger partial charge in [-0.2, -0.15) is 5.26 Å². The van der Waals surface area contributed by atoms with Crippen LogP contribution < -0.4 is 4.72 Å². The minimum absolute atomic E-state index is 0.126. The van der Waals surface area contributed by atoms with E-state index in [0.29, 0.717) is 30.8 Å². The molecule has 2 rings (SSSR count). The van der Waals surface area contributed by atoms with Crippen LogP contribution in [-0.4, -0.2) is 40.9 Å². The molecule has 0 bridgehead atoms. The summed E-state index contributed by atoms with van der Waals surface area (Å²) < 4.78 is 37.4. The van der Waals surface area contributed by atoms with Crippen LogP contribution in [0.3, 0.4) is 0 Å².